The van der Waals surface area contributed by atoms with Crippen molar-refractivity contribution in [3.8, 4) is 5.88 Å². The fourth-order valence-corrected chi connectivity index (χ4v) is 3.02. The number of halogens is 3. The molecule has 0 radical (unpaired) electrons. The number of benzene rings is 1. The Labute approximate surface area is 141 Å². The first-order valence-electron chi connectivity index (χ1n) is 6.87. The maximum absolute atomic E-state index is 13.8. The number of hydrogen-bond donors (Lipinski definition) is 0. The zero-order valence-corrected chi connectivity index (χ0v) is 14.0. The molecule has 1 aromatic heterocycles. The molecule has 116 valence electrons. The molecule has 0 bridgehead atoms. The van der Waals surface area contributed by atoms with E-state index in [1.165, 1.54) is 12.3 Å². The van der Waals surface area contributed by atoms with Gasteiger partial charge in [-0.2, -0.15) is 4.98 Å². The highest BCUT2D eigenvalue weighted by atomic mass is 79.9. The molecule has 0 aliphatic carbocycles. The lowest BCUT2D eigenvalue weighted by atomic mass is 10.0. The van der Waals surface area contributed by atoms with Crippen LogP contribution >= 0.6 is 27.5 Å². The molecule has 1 aliphatic rings. The third-order valence-electron chi connectivity index (χ3n) is 3.53. The molecule has 0 spiro atoms. The molecule has 0 saturated carbocycles. The summed E-state index contributed by atoms with van der Waals surface area (Å²) in [6.07, 6.45) is 3.00. The van der Waals surface area contributed by atoms with Crippen LogP contribution in [0.2, 0.25) is 5.15 Å². The van der Waals surface area contributed by atoms with Crippen LogP contribution in [0.5, 0.6) is 5.88 Å². The van der Waals surface area contributed by atoms with Crippen LogP contribution in [0.25, 0.3) is 0 Å². The van der Waals surface area contributed by atoms with Gasteiger partial charge in [-0.3, -0.25) is 9.88 Å². The number of hydrogen-bond acceptors (Lipinski definition) is 4. The Morgan fingerprint density at radius 2 is 2.18 bits per heavy atom. The Bertz CT molecular complexity index is 647. The smallest absolute Gasteiger partial charge is 0.233 e. The predicted octanol–water partition coefficient (Wildman–Crippen LogP) is 3.54. The third-order valence-corrected chi connectivity index (χ3v) is 4.45. The zero-order valence-electron chi connectivity index (χ0n) is 11.7. The van der Waals surface area contributed by atoms with E-state index in [0.717, 1.165) is 17.6 Å². The molecule has 0 N–H and O–H groups in total. The number of nitrogens with zero attached hydrogens (tertiary/aromatic N) is 3. The summed E-state index contributed by atoms with van der Waals surface area (Å²) in [4.78, 5) is 10.1. The van der Waals surface area contributed by atoms with Gasteiger partial charge in [-0.1, -0.05) is 33.6 Å². The molecule has 2 aromatic rings. The quantitative estimate of drug-likeness (QED) is 0.788. The van der Waals surface area contributed by atoms with Crippen LogP contribution in [0.4, 0.5) is 4.39 Å². The Morgan fingerprint density at radius 3 is 2.91 bits per heavy atom. The lowest BCUT2D eigenvalue weighted by Gasteiger charge is -2.39. The van der Waals surface area contributed by atoms with E-state index in [9.17, 15) is 4.39 Å². The molecule has 4 nitrogen and oxygen atoms in total. The number of aromatic nitrogens is 2. The van der Waals surface area contributed by atoms with Crippen molar-refractivity contribution < 1.29 is 9.13 Å². The normalized spacial score (nSPS) is 15.6. The van der Waals surface area contributed by atoms with Crippen LogP contribution in [0, 0.1) is 11.7 Å². The fraction of sp³-hybridized carbons (Fsp3) is 0.333. The highest BCUT2D eigenvalue weighted by Crippen LogP contribution is 2.25. The number of likely N-dealkylation sites (tertiary alicyclic amines) is 1. The van der Waals surface area contributed by atoms with Gasteiger partial charge in [0.1, 0.15) is 5.82 Å². The molecule has 1 fully saturated rings. The minimum atomic E-state index is -0.178. The third kappa shape index (κ3) is 3.74. The van der Waals surface area contributed by atoms with Crippen molar-refractivity contribution in [2.24, 2.45) is 5.92 Å². The van der Waals surface area contributed by atoms with Crippen LogP contribution in [-0.4, -0.2) is 34.6 Å². The Hall–Kier alpha value is -1.24. The first-order valence-corrected chi connectivity index (χ1v) is 8.04. The Balaban J connectivity index is 1.46. The van der Waals surface area contributed by atoms with E-state index in [-0.39, 0.29) is 5.82 Å². The number of rotatable bonds is 5. The van der Waals surface area contributed by atoms with Crippen LogP contribution in [0.15, 0.2) is 35.1 Å². The highest BCUT2D eigenvalue weighted by Gasteiger charge is 2.28. The minimum absolute atomic E-state index is 0.178. The summed E-state index contributed by atoms with van der Waals surface area (Å²) >= 11 is 9.14. The monoisotopic (exact) mass is 385 g/mol. The fourth-order valence-electron chi connectivity index (χ4n) is 2.42. The summed E-state index contributed by atoms with van der Waals surface area (Å²) in [5.41, 5.74) is 0.697. The molecule has 1 saturated heterocycles. The van der Waals surface area contributed by atoms with Gasteiger partial charge in [0.25, 0.3) is 0 Å². The van der Waals surface area contributed by atoms with Crippen LogP contribution in [0.1, 0.15) is 5.56 Å². The molecule has 1 aromatic carbocycles. The van der Waals surface area contributed by atoms with E-state index in [1.54, 1.807) is 12.3 Å². The van der Waals surface area contributed by atoms with E-state index in [1.807, 2.05) is 6.07 Å². The average molecular weight is 387 g/mol. The summed E-state index contributed by atoms with van der Waals surface area (Å²) in [7, 11) is 0. The molecule has 7 heteroatoms. The highest BCUT2D eigenvalue weighted by molar-refractivity contribution is 9.10. The van der Waals surface area contributed by atoms with Crippen LogP contribution < -0.4 is 4.74 Å². The van der Waals surface area contributed by atoms with Gasteiger partial charge in [0, 0.05) is 35.6 Å². The van der Waals surface area contributed by atoms with Crippen molar-refractivity contribution in [1.82, 2.24) is 14.9 Å². The topological polar surface area (TPSA) is 38.2 Å². The number of ether oxygens (including phenoxy) is 1. The second-order valence-electron chi connectivity index (χ2n) is 5.25. The van der Waals surface area contributed by atoms with Crippen molar-refractivity contribution in [1.29, 1.82) is 0 Å². The summed E-state index contributed by atoms with van der Waals surface area (Å²) < 4.78 is 20.1. The van der Waals surface area contributed by atoms with E-state index in [0.29, 0.717) is 35.7 Å². The zero-order chi connectivity index (χ0) is 15.5. The van der Waals surface area contributed by atoms with Gasteiger partial charge in [-0.05, 0) is 12.1 Å². The van der Waals surface area contributed by atoms with E-state index in [4.69, 9.17) is 16.3 Å². The van der Waals surface area contributed by atoms with Gasteiger partial charge in [0.2, 0.25) is 5.88 Å². The molecule has 1 aliphatic heterocycles. The van der Waals surface area contributed by atoms with Crippen molar-refractivity contribution in [3.63, 3.8) is 0 Å². The Kier molecular flexibility index (Phi) is 4.90. The lowest BCUT2D eigenvalue weighted by molar-refractivity contribution is 0.0533. The van der Waals surface area contributed by atoms with Gasteiger partial charge < -0.3 is 4.74 Å². The minimum Gasteiger partial charge on any atom is -0.476 e. The predicted molar refractivity (Wildman–Crippen MR) is 85.4 cm³/mol. The molecule has 0 atom stereocenters. The first kappa shape index (κ1) is 15.6. The van der Waals surface area contributed by atoms with Gasteiger partial charge in [-0.25, -0.2) is 4.39 Å². The van der Waals surface area contributed by atoms with Crippen molar-refractivity contribution in [2.75, 3.05) is 19.7 Å². The summed E-state index contributed by atoms with van der Waals surface area (Å²) in [6.45, 7) is 2.90. The molecule has 0 unspecified atom stereocenters. The Morgan fingerprint density at radius 1 is 1.36 bits per heavy atom. The summed E-state index contributed by atoms with van der Waals surface area (Å²) in [5, 5.41) is 0.317. The SMILES string of the molecule is Fc1cccc(Br)c1CN1CC(COc2cncc(Cl)n2)C1. The first-order chi connectivity index (χ1) is 10.6. The maximum Gasteiger partial charge on any atom is 0.233 e. The second kappa shape index (κ2) is 6.89. The molecular weight excluding hydrogens is 373 g/mol. The van der Waals surface area contributed by atoms with Crippen LogP contribution in [0.3, 0.4) is 0 Å². The second-order valence-corrected chi connectivity index (χ2v) is 6.49. The van der Waals surface area contributed by atoms with Crippen molar-refractivity contribution in [3.05, 3.63) is 51.6 Å². The molecular formula is C15H14BrClFN3O. The summed E-state index contributed by atoms with van der Waals surface area (Å²) in [6, 6.07) is 5.04. The van der Waals surface area contributed by atoms with Crippen molar-refractivity contribution in [2.45, 2.75) is 6.54 Å². The van der Waals surface area contributed by atoms with E-state index in [2.05, 4.69) is 30.8 Å². The molecule has 2 heterocycles. The van der Waals surface area contributed by atoms with Gasteiger partial charge in [0.05, 0.1) is 19.0 Å². The maximum atomic E-state index is 13.8. The molecule has 22 heavy (non-hydrogen) atoms. The molecule has 3 rings (SSSR count). The standard InChI is InChI=1S/C15H14BrClFN3O/c16-12-2-1-3-13(18)11(12)8-21-6-10(7-21)9-22-15-5-19-4-14(17)20-15/h1-5,10H,6-9H2. The van der Waals surface area contributed by atoms with E-state index < -0.39 is 0 Å². The van der Waals surface area contributed by atoms with Crippen molar-refractivity contribution >= 4 is 27.5 Å². The lowest BCUT2D eigenvalue weighted by Crippen LogP contribution is -2.48. The molecule has 0 amide bonds. The van der Waals surface area contributed by atoms with Gasteiger partial charge >= 0.3 is 0 Å². The van der Waals surface area contributed by atoms with Crippen LogP contribution in [-0.2, 0) is 6.54 Å². The largest absolute Gasteiger partial charge is 0.476 e. The van der Waals surface area contributed by atoms with Gasteiger partial charge in [0.15, 0.2) is 5.15 Å². The average Bonchev–Trinajstić information content (AvgIpc) is 2.44. The summed E-state index contributed by atoms with van der Waals surface area (Å²) in [5.74, 6) is 0.664. The van der Waals surface area contributed by atoms with E-state index >= 15 is 0 Å². The van der Waals surface area contributed by atoms with Gasteiger partial charge in [-0.15, -0.1) is 0 Å².